The Labute approximate surface area is 173 Å². The SMILES string of the molecule is N#Cc1ccccc1-c1cnn2c(C3CCNCC3)cc(=O)[nH]c12.O=C(O)C(F)(F)F. The summed E-state index contributed by atoms with van der Waals surface area (Å²) < 4.78 is 33.6. The highest BCUT2D eigenvalue weighted by Crippen LogP contribution is 2.29. The predicted octanol–water partition coefficient (Wildman–Crippen LogP) is 2.66. The second-order valence-electron chi connectivity index (χ2n) is 6.86. The number of rotatable bonds is 2. The average molecular weight is 433 g/mol. The van der Waals surface area contributed by atoms with E-state index >= 15 is 0 Å². The van der Waals surface area contributed by atoms with E-state index in [2.05, 4.69) is 21.5 Å². The summed E-state index contributed by atoms with van der Waals surface area (Å²) in [6, 6.07) is 11.2. The lowest BCUT2D eigenvalue weighted by Gasteiger charge is -2.23. The maximum absolute atomic E-state index is 12.2. The lowest BCUT2D eigenvalue weighted by Crippen LogP contribution is -2.28. The van der Waals surface area contributed by atoms with Crippen LogP contribution in [0, 0.1) is 11.3 Å². The fourth-order valence-corrected chi connectivity index (χ4v) is 3.43. The summed E-state index contributed by atoms with van der Waals surface area (Å²) in [5.74, 6) is -2.44. The quantitative estimate of drug-likeness (QED) is 0.571. The van der Waals surface area contributed by atoms with Gasteiger partial charge in [-0.2, -0.15) is 23.5 Å². The molecule has 0 amide bonds. The monoisotopic (exact) mass is 433 g/mol. The van der Waals surface area contributed by atoms with Crippen molar-refractivity contribution in [2.75, 3.05) is 13.1 Å². The summed E-state index contributed by atoms with van der Waals surface area (Å²) in [6.45, 7) is 1.90. The lowest BCUT2D eigenvalue weighted by molar-refractivity contribution is -0.192. The molecule has 162 valence electrons. The number of nitriles is 1. The van der Waals surface area contributed by atoms with Crippen molar-refractivity contribution in [3.63, 3.8) is 0 Å². The molecule has 0 aliphatic carbocycles. The van der Waals surface area contributed by atoms with Gasteiger partial charge in [-0.1, -0.05) is 18.2 Å². The van der Waals surface area contributed by atoms with Gasteiger partial charge >= 0.3 is 12.1 Å². The van der Waals surface area contributed by atoms with E-state index in [9.17, 15) is 23.2 Å². The van der Waals surface area contributed by atoms with Crippen molar-refractivity contribution in [3.05, 3.63) is 58.1 Å². The molecule has 1 aliphatic heterocycles. The van der Waals surface area contributed by atoms with Gasteiger partial charge in [0, 0.05) is 23.1 Å². The molecule has 1 aliphatic rings. The molecule has 0 unspecified atom stereocenters. The number of halogens is 3. The van der Waals surface area contributed by atoms with Crippen molar-refractivity contribution >= 4 is 11.6 Å². The molecule has 2 aromatic heterocycles. The molecular formula is C20H18F3N5O3. The van der Waals surface area contributed by atoms with Gasteiger partial charge in [0.05, 0.1) is 23.5 Å². The maximum Gasteiger partial charge on any atom is 0.490 e. The Morgan fingerprint density at radius 1 is 1.23 bits per heavy atom. The third-order valence-electron chi connectivity index (χ3n) is 4.87. The van der Waals surface area contributed by atoms with Crippen LogP contribution in [0.4, 0.5) is 13.2 Å². The molecule has 1 aromatic carbocycles. The minimum absolute atomic E-state index is 0.132. The first-order chi connectivity index (χ1) is 14.7. The van der Waals surface area contributed by atoms with E-state index in [-0.39, 0.29) is 5.56 Å². The van der Waals surface area contributed by atoms with Crippen molar-refractivity contribution in [2.24, 2.45) is 0 Å². The van der Waals surface area contributed by atoms with Crippen LogP contribution in [-0.2, 0) is 4.79 Å². The van der Waals surface area contributed by atoms with Gasteiger partial charge in [0.15, 0.2) is 0 Å². The van der Waals surface area contributed by atoms with Crippen LogP contribution in [0.5, 0.6) is 0 Å². The van der Waals surface area contributed by atoms with Crippen molar-refractivity contribution in [2.45, 2.75) is 24.9 Å². The Morgan fingerprint density at radius 3 is 2.48 bits per heavy atom. The fraction of sp³-hybridized carbons (Fsp3) is 0.300. The highest BCUT2D eigenvalue weighted by molar-refractivity contribution is 5.80. The van der Waals surface area contributed by atoms with Crippen LogP contribution in [0.2, 0.25) is 0 Å². The summed E-state index contributed by atoms with van der Waals surface area (Å²) in [5, 5.41) is 24.3. The Kier molecular flexibility index (Phi) is 6.41. The Bertz CT molecular complexity index is 1190. The van der Waals surface area contributed by atoms with E-state index in [1.807, 2.05) is 22.7 Å². The first-order valence-electron chi connectivity index (χ1n) is 9.33. The van der Waals surface area contributed by atoms with Gasteiger partial charge in [0.2, 0.25) is 0 Å². The Morgan fingerprint density at radius 2 is 1.87 bits per heavy atom. The first kappa shape index (κ1) is 22.0. The van der Waals surface area contributed by atoms with Gasteiger partial charge in [-0.15, -0.1) is 0 Å². The van der Waals surface area contributed by atoms with E-state index < -0.39 is 12.1 Å². The number of benzene rings is 1. The van der Waals surface area contributed by atoms with Gasteiger partial charge in [0.1, 0.15) is 5.65 Å². The molecule has 0 saturated carbocycles. The van der Waals surface area contributed by atoms with Gasteiger partial charge < -0.3 is 15.4 Å². The summed E-state index contributed by atoms with van der Waals surface area (Å²) in [6.07, 6.45) is -1.38. The van der Waals surface area contributed by atoms with E-state index in [1.165, 1.54) is 0 Å². The minimum atomic E-state index is -5.08. The Balaban J connectivity index is 0.000000339. The van der Waals surface area contributed by atoms with Gasteiger partial charge in [-0.05, 0) is 32.0 Å². The average Bonchev–Trinajstić information content (AvgIpc) is 3.17. The largest absolute Gasteiger partial charge is 0.490 e. The summed E-state index contributed by atoms with van der Waals surface area (Å²) in [7, 11) is 0. The second kappa shape index (κ2) is 9.01. The number of hydrogen-bond acceptors (Lipinski definition) is 5. The van der Waals surface area contributed by atoms with Crippen LogP contribution in [-0.4, -0.2) is 44.9 Å². The number of aromatic amines is 1. The number of aliphatic carboxylic acids is 1. The molecule has 8 nitrogen and oxygen atoms in total. The van der Waals surface area contributed by atoms with Crippen LogP contribution in [0.3, 0.4) is 0 Å². The molecule has 3 aromatic rings. The van der Waals surface area contributed by atoms with Gasteiger partial charge in [-0.25, -0.2) is 9.31 Å². The van der Waals surface area contributed by atoms with Crippen molar-refractivity contribution in [3.8, 4) is 17.2 Å². The molecule has 11 heteroatoms. The third-order valence-corrected chi connectivity index (χ3v) is 4.87. The number of carboxylic acids is 1. The normalized spacial score (nSPS) is 14.5. The van der Waals surface area contributed by atoms with Crippen LogP contribution < -0.4 is 10.9 Å². The van der Waals surface area contributed by atoms with E-state index in [0.29, 0.717) is 17.1 Å². The number of H-pyrrole nitrogens is 1. The maximum atomic E-state index is 12.2. The molecule has 1 fully saturated rings. The number of nitrogens with one attached hydrogen (secondary N) is 2. The number of hydrogen-bond donors (Lipinski definition) is 3. The van der Waals surface area contributed by atoms with Crippen molar-refractivity contribution in [1.82, 2.24) is 19.9 Å². The molecule has 0 atom stereocenters. The van der Waals surface area contributed by atoms with Crippen LogP contribution >= 0.6 is 0 Å². The highest BCUT2D eigenvalue weighted by atomic mass is 19.4. The van der Waals surface area contributed by atoms with Gasteiger partial charge in [0.25, 0.3) is 5.56 Å². The smallest absolute Gasteiger partial charge is 0.475 e. The lowest BCUT2D eigenvalue weighted by atomic mass is 9.94. The van der Waals surface area contributed by atoms with Crippen molar-refractivity contribution in [1.29, 1.82) is 5.26 Å². The number of aromatic nitrogens is 3. The summed E-state index contributed by atoms with van der Waals surface area (Å²) in [5.41, 5.74) is 3.59. The number of alkyl halides is 3. The first-order valence-corrected chi connectivity index (χ1v) is 9.33. The Hall–Kier alpha value is -3.65. The molecule has 0 spiro atoms. The summed E-state index contributed by atoms with van der Waals surface area (Å²) in [4.78, 5) is 24.0. The number of nitrogens with zero attached hydrogens (tertiary/aromatic N) is 3. The van der Waals surface area contributed by atoms with Crippen LogP contribution in [0.15, 0.2) is 41.3 Å². The number of carbonyl (C=O) groups is 1. The topological polar surface area (TPSA) is 123 Å². The highest BCUT2D eigenvalue weighted by Gasteiger charge is 2.38. The van der Waals surface area contributed by atoms with E-state index in [4.69, 9.17) is 9.90 Å². The van der Waals surface area contributed by atoms with Crippen LogP contribution in [0.1, 0.15) is 30.0 Å². The van der Waals surface area contributed by atoms with Crippen LogP contribution in [0.25, 0.3) is 16.8 Å². The fourth-order valence-electron chi connectivity index (χ4n) is 3.43. The number of carboxylic acid groups (broad SMARTS) is 1. The molecule has 3 heterocycles. The zero-order valence-electron chi connectivity index (χ0n) is 16.1. The zero-order valence-corrected chi connectivity index (χ0v) is 16.1. The summed E-state index contributed by atoms with van der Waals surface area (Å²) >= 11 is 0. The number of fused-ring (bicyclic) bond motifs is 1. The molecule has 3 N–H and O–H groups in total. The number of piperidine rings is 1. The molecule has 0 radical (unpaired) electrons. The molecule has 4 rings (SSSR count). The standard InChI is InChI=1S/C18H17N5O.C2HF3O2/c19-10-13-3-1-2-4-14(13)15-11-21-23-16(9-17(24)22-18(15)23)12-5-7-20-8-6-12;3-2(4,5)1(6)7/h1-4,9,11-12,20H,5-8H2,(H,22,24);(H,6,7). The molecule has 1 saturated heterocycles. The van der Waals surface area contributed by atoms with E-state index in [0.717, 1.165) is 42.8 Å². The van der Waals surface area contributed by atoms with E-state index in [1.54, 1.807) is 18.3 Å². The third kappa shape index (κ3) is 4.92. The minimum Gasteiger partial charge on any atom is -0.475 e. The molecule has 31 heavy (non-hydrogen) atoms. The predicted molar refractivity (Wildman–Crippen MR) is 104 cm³/mol. The van der Waals surface area contributed by atoms with Crippen molar-refractivity contribution < 1.29 is 23.1 Å². The molecule has 0 bridgehead atoms. The second-order valence-corrected chi connectivity index (χ2v) is 6.86. The molecular weight excluding hydrogens is 415 g/mol. The van der Waals surface area contributed by atoms with Gasteiger partial charge in [-0.3, -0.25) is 4.79 Å². The zero-order chi connectivity index (χ0) is 22.6.